The minimum atomic E-state index is -3.51. The van der Waals surface area contributed by atoms with Gasteiger partial charge in [-0.3, -0.25) is 0 Å². The molecular weight excluding hydrogens is 291 g/mol. The summed E-state index contributed by atoms with van der Waals surface area (Å²) in [5, 5.41) is 0. The lowest BCUT2D eigenvalue weighted by Crippen LogP contribution is -1.89. The van der Waals surface area contributed by atoms with Crippen molar-refractivity contribution in [2.24, 2.45) is 0 Å². The van der Waals surface area contributed by atoms with Crippen LogP contribution >= 0.6 is 6.72 Å². The zero-order valence-corrected chi connectivity index (χ0v) is 14.6. The van der Waals surface area contributed by atoms with E-state index in [1.165, 1.54) is 16.7 Å². The molecule has 0 aromatic heterocycles. The van der Waals surface area contributed by atoms with E-state index in [1.54, 1.807) is 0 Å². The largest absolute Gasteiger partial charge is 0.325 e. The number of hydrogen-bond acceptors (Lipinski definition) is 2. The molecule has 0 atom stereocenters. The van der Waals surface area contributed by atoms with E-state index in [9.17, 15) is 0 Å². The highest BCUT2D eigenvalue weighted by Crippen LogP contribution is 2.36. The van der Waals surface area contributed by atoms with Crippen LogP contribution in [0.2, 0.25) is 0 Å². The van der Waals surface area contributed by atoms with Gasteiger partial charge in [0.05, 0.1) is 6.61 Å². The SMILES string of the molecule is CC(C)=CCC/C(C)=C/CC/C(C)=C/COP(O)(O)=S. The first-order valence-corrected chi connectivity index (χ1v) is 9.48. The van der Waals surface area contributed by atoms with Gasteiger partial charge in [-0.05, 0) is 65.2 Å². The van der Waals surface area contributed by atoms with Crippen molar-refractivity contribution in [3.63, 3.8) is 0 Å². The summed E-state index contributed by atoms with van der Waals surface area (Å²) in [7, 11) is 0. The summed E-state index contributed by atoms with van der Waals surface area (Å²) < 4.78 is 4.74. The Morgan fingerprint density at radius 2 is 1.45 bits per heavy atom. The topological polar surface area (TPSA) is 49.7 Å². The molecule has 0 bridgehead atoms. The predicted molar refractivity (Wildman–Crippen MR) is 90.1 cm³/mol. The summed E-state index contributed by atoms with van der Waals surface area (Å²) in [6.07, 6.45) is 10.5. The third kappa shape index (κ3) is 14.2. The first-order valence-electron chi connectivity index (χ1n) is 6.85. The molecule has 0 aromatic carbocycles. The van der Waals surface area contributed by atoms with E-state index in [4.69, 9.17) is 14.3 Å². The molecule has 0 spiro atoms. The van der Waals surface area contributed by atoms with Crippen molar-refractivity contribution in [3.8, 4) is 0 Å². The van der Waals surface area contributed by atoms with Crippen molar-refractivity contribution < 1.29 is 14.3 Å². The first-order chi connectivity index (χ1) is 9.20. The van der Waals surface area contributed by atoms with Crippen LogP contribution in [0.1, 0.15) is 53.4 Å². The Bertz CT molecular complexity index is 415. The van der Waals surface area contributed by atoms with Crippen molar-refractivity contribution in [2.75, 3.05) is 6.61 Å². The maximum absolute atomic E-state index is 8.92. The van der Waals surface area contributed by atoms with Crippen LogP contribution in [-0.2, 0) is 16.3 Å². The van der Waals surface area contributed by atoms with Gasteiger partial charge in [-0.2, -0.15) is 0 Å². The van der Waals surface area contributed by atoms with Crippen LogP contribution in [-0.4, -0.2) is 16.4 Å². The molecule has 0 aliphatic carbocycles. The highest BCUT2D eigenvalue weighted by molar-refractivity contribution is 8.06. The summed E-state index contributed by atoms with van der Waals surface area (Å²) in [6.45, 7) is 5.06. The second kappa shape index (κ2) is 10.5. The standard InChI is InChI=1S/C15H27O3PS/c1-13(2)7-5-8-14(3)9-6-10-15(4)11-12-18-19(16,17)20/h7,9,11H,5-6,8,10,12H2,1-4H3,(H2,16,17,20)/b14-9+,15-11+. The maximum atomic E-state index is 8.92. The molecule has 0 aliphatic heterocycles. The molecule has 116 valence electrons. The Hall–Kier alpha value is -0.250. The van der Waals surface area contributed by atoms with Crippen molar-refractivity contribution in [3.05, 3.63) is 34.9 Å². The quantitative estimate of drug-likeness (QED) is 0.480. The van der Waals surface area contributed by atoms with Gasteiger partial charge in [0.25, 0.3) is 0 Å². The molecule has 0 rings (SSSR count). The Labute approximate surface area is 128 Å². The molecule has 0 heterocycles. The fourth-order valence-corrected chi connectivity index (χ4v) is 2.07. The minimum Gasteiger partial charge on any atom is -0.325 e. The van der Waals surface area contributed by atoms with Gasteiger partial charge < -0.3 is 14.3 Å². The molecule has 0 aliphatic rings. The highest BCUT2D eigenvalue weighted by Gasteiger charge is 2.05. The first kappa shape index (κ1) is 19.8. The summed E-state index contributed by atoms with van der Waals surface area (Å²) in [5.74, 6) is 0. The van der Waals surface area contributed by atoms with E-state index in [0.29, 0.717) is 0 Å². The molecule has 0 saturated heterocycles. The van der Waals surface area contributed by atoms with Crippen LogP contribution in [0, 0.1) is 0 Å². The third-order valence-electron chi connectivity index (χ3n) is 2.80. The molecular formula is C15H27O3PS. The molecule has 0 aromatic rings. The van der Waals surface area contributed by atoms with Gasteiger partial charge >= 0.3 is 6.72 Å². The van der Waals surface area contributed by atoms with Crippen molar-refractivity contribution in [1.29, 1.82) is 0 Å². The van der Waals surface area contributed by atoms with Gasteiger partial charge in [-0.15, -0.1) is 0 Å². The van der Waals surface area contributed by atoms with Gasteiger partial charge in [0.1, 0.15) is 0 Å². The maximum Gasteiger partial charge on any atom is 0.322 e. The van der Waals surface area contributed by atoms with Gasteiger partial charge in [0.2, 0.25) is 0 Å². The third-order valence-corrected chi connectivity index (χ3v) is 3.60. The molecule has 3 nitrogen and oxygen atoms in total. The smallest absolute Gasteiger partial charge is 0.322 e. The molecule has 0 fully saturated rings. The lowest BCUT2D eigenvalue weighted by molar-refractivity contribution is 0.278. The Morgan fingerprint density at radius 1 is 0.950 bits per heavy atom. The van der Waals surface area contributed by atoms with Gasteiger partial charge in [0, 0.05) is 0 Å². The zero-order chi connectivity index (χ0) is 15.6. The normalized spacial score (nSPS) is 13.5. The van der Waals surface area contributed by atoms with E-state index in [-0.39, 0.29) is 6.61 Å². The Kier molecular flexibility index (Phi) is 10.3. The van der Waals surface area contributed by atoms with Crippen LogP contribution in [0.15, 0.2) is 34.9 Å². The van der Waals surface area contributed by atoms with E-state index in [2.05, 4.69) is 44.7 Å². The summed E-state index contributed by atoms with van der Waals surface area (Å²) in [5.41, 5.74) is 3.94. The predicted octanol–water partition coefficient (Wildman–Crippen LogP) is 4.63. The summed E-state index contributed by atoms with van der Waals surface area (Å²) >= 11 is 4.37. The average Bonchev–Trinajstić information content (AvgIpc) is 2.26. The van der Waals surface area contributed by atoms with E-state index < -0.39 is 6.72 Å². The lowest BCUT2D eigenvalue weighted by atomic mass is 10.1. The lowest BCUT2D eigenvalue weighted by Gasteiger charge is -2.06. The van der Waals surface area contributed by atoms with Crippen molar-refractivity contribution in [2.45, 2.75) is 53.4 Å². The molecule has 5 heteroatoms. The Morgan fingerprint density at radius 3 is 1.95 bits per heavy atom. The Balaban J connectivity index is 3.94. The molecule has 20 heavy (non-hydrogen) atoms. The van der Waals surface area contributed by atoms with Crippen molar-refractivity contribution in [1.82, 2.24) is 0 Å². The van der Waals surface area contributed by atoms with Crippen LogP contribution in [0.25, 0.3) is 0 Å². The molecule has 0 amide bonds. The molecule has 0 radical (unpaired) electrons. The number of allylic oxidation sites excluding steroid dienone is 5. The zero-order valence-electron chi connectivity index (χ0n) is 12.9. The molecule has 0 unspecified atom stereocenters. The van der Waals surface area contributed by atoms with E-state index in [1.807, 2.05) is 13.0 Å². The monoisotopic (exact) mass is 318 g/mol. The average molecular weight is 318 g/mol. The second-order valence-electron chi connectivity index (χ2n) is 5.25. The minimum absolute atomic E-state index is 0.166. The molecule has 0 saturated carbocycles. The van der Waals surface area contributed by atoms with Crippen LogP contribution in [0.4, 0.5) is 0 Å². The van der Waals surface area contributed by atoms with Crippen LogP contribution < -0.4 is 0 Å². The fraction of sp³-hybridized carbons (Fsp3) is 0.600. The van der Waals surface area contributed by atoms with Gasteiger partial charge in [0.15, 0.2) is 0 Å². The van der Waals surface area contributed by atoms with E-state index >= 15 is 0 Å². The highest BCUT2D eigenvalue weighted by atomic mass is 32.5. The second-order valence-corrected chi connectivity index (χ2v) is 7.91. The van der Waals surface area contributed by atoms with E-state index in [0.717, 1.165) is 25.7 Å². The summed E-state index contributed by atoms with van der Waals surface area (Å²) in [6, 6.07) is 0. The van der Waals surface area contributed by atoms with Crippen LogP contribution in [0.3, 0.4) is 0 Å². The summed E-state index contributed by atoms with van der Waals surface area (Å²) in [4.78, 5) is 17.8. The number of hydrogen-bond donors (Lipinski definition) is 2. The fourth-order valence-electron chi connectivity index (χ4n) is 1.62. The van der Waals surface area contributed by atoms with Gasteiger partial charge in [-0.1, -0.05) is 34.9 Å². The van der Waals surface area contributed by atoms with Crippen molar-refractivity contribution >= 4 is 18.5 Å². The number of rotatable bonds is 9. The molecule has 2 N–H and O–H groups in total. The van der Waals surface area contributed by atoms with Gasteiger partial charge in [-0.25, -0.2) is 0 Å². The van der Waals surface area contributed by atoms with Crippen LogP contribution in [0.5, 0.6) is 0 Å².